The van der Waals surface area contributed by atoms with Crippen LogP contribution in [-0.4, -0.2) is 4.34 Å². The summed E-state index contributed by atoms with van der Waals surface area (Å²) in [7, 11) is -1.41. The average molecular weight is 381 g/mol. The van der Waals surface area contributed by atoms with E-state index in [1.165, 1.54) is 10.8 Å². The van der Waals surface area contributed by atoms with E-state index in [9.17, 15) is 0 Å². The van der Waals surface area contributed by atoms with Crippen molar-refractivity contribution in [1.82, 2.24) is 4.34 Å². The quantitative estimate of drug-likeness (QED) is 0.292. The van der Waals surface area contributed by atoms with Crippen molar-refractivity contribution in [1.29, 1.82) is 0 Å². The van der Waals surface area contributed by atoms with Gasteiger partial charge in [0.1, 0.15) is 11.2 Å². The topological polar surface area (TPSA) is 31.2 Å². The number of para-hydroxylation sites is 4. The second-order valence-electron chi connectivity index (χ2n) is 6.76. The first-order valence-corrected chi connectivity index (χ1v) is 10.4. The molecule has 0 bridgehead atoms. The predicted molar refractivity (Wildman–Crippen MR) is 117 cm³/mol. The summed E-state index contributed by atoms with van der Waals surface area (Å²) in [6.07, 6.45) is 0. The summed E-state index contributed by atoms with van der Waals surface area (Å²) in [5.41, 5.74) is 3.93. The number of hydrogen-bond acceptors (Lipinski definition) is 2. The number of hydrogen-bond donors (Lipinski definition) is 0. The van der Waals surface area contributed by atoms with Crippen LogP contribution >= 0.6 is 8.16 Å². The van der Waals surface area contributed by atoms with Crippen LogP contribution in [-0.2, 0) is 0 Å². The Balaban J connectivity index is 1.85. The zero-order valence-corrected chi connectivity index (χ0v) is 15.8. The lowest BCUT2D eigenvalue weighted by molar-refractivity contribution is 0.633. The normalized spacial score (nSPS) is 11.6. The molecule has 4 heteroatoms. The highest BCUT2D eigenvalue weighted by Gasteiger charge is 2.15. The first-order valence-electron chi connectivity index (χ1n) is 9.23. The number of aromatic nitrogens is 1. The van der Waals surface area contributed by atoms with E-state index in [2.05, 4.69) is 65.0 Å². The lowest BCUT2D eigenvalue weighted by atomic mass is 10.1. The first-order chi connectivity index (χ1) is 13.9. The van der Waals surface area contributed by atoms with Gasteiger partial charge in [0.15, 0.2) is 0 Å². The summed E-state index contributed by atoms with van der Waals surface area (Å²) in [4.78, 5) is 0. The molecule has 0 amide bonds. The van der Waals surface area contributed by atoms with E-state index in [4.69, 9.17) is 8.39 Å². The minimum atomic E-state index is -1.41. The van der Waals surface area contributed by atoms with E-state index < -0.39 is 8.16 Å². The van der Waals surface area contributed by atoms with Crippen LogP contribution < -0.4 is 0 Å². The summed E-state index contributed by atoms with van der Waals surface area (Å²) < 4.78 is 15.2. The maximum atomic E-state index is 6.51. The summed E-state index contributed by atoms with van der Waals surface area (Å²) in [5, 5.41) is 4.53. The molecule has 0 aliphatic rings. The summed E-state index contributed by atoms with van der Waals surface area (Å²) in [5.74, 6) is 0. The van der Waals surface area contributed by atoms with Crippen LogP contribution in [0, 0.1) is 0 Å². The van der Waals surface area contributed by atoms with Gasteiger partial charge in [0.2, 0.25) is 0 Å². The molecule has 134 valence electrons. The van der Waals surface area contributed by atoms with Gasteiger partial charge in [0.05, 0.1) is 11.0 Å². The first kappa shape index (κ1) is 15.6. The molecule has 0 saturated carbocycles. The monoisotopic (exact) mass is 381 g/mol. The third-order valence-electron chi connectivity index (χ3n) is 5.14. The van der Waals surface area contributed by atoms with Crippen LogP contribution in [0.15, 0.2) is 105 Å². The summed E-state index contributed by atoms with van der Waals surface area (Å²) >= 11 is 0. The van der Waals surface area contributed by atoms with Crippen molar-refractivity contribution in [2.75, 3.05) is 0 Å². The zero-order valence-electron chi connectivity index (χ0n) is 14.9. The molecule has 0 aliphatic carbocycles. The maximum absolute atomic E-state index is 6.51. The Morgan fingerprint density at radius 1 is 0.464 bits per heavy atom. The van der Waals surface area contributed by atoms with Gasteiger partial charge in [-0.3, -0.25) is 0 Å². The number of benzene rings is 4. The van der Waals surface area contributed by atoms with Gasteiger partial charge in [-0.05, 0) is 24.3 Å². The van der Waals surface area contributed by atoms with Crippen molar-refractivity contribution in [3.63, 3.8) is 0 Å². The molecule has 2 heterocycles. The minimum Gasteiger partial charge on any atom is -0.404 e. The fraction of sp³-hybridized carbons (Fsp3) is 0. The molecular weight excluding hydrogens is 365 g/mol. The Hall–Kier alpha value is -3.42. The van der Waals surface area contributed by atoms with E-state index in [1.807, 2.05) is 36.4 Å². The second kappa shape index (κ2) is 6.05. The van der Waals surface area contributed by atoms with E-state index in [-0.39, 0.29) is 0 Å². The van der Waals surface area contributed by atoms with E-state index >= 15 is 0 Å². The standard InChI is InChI=1S/C24H16NO2P/c1-5-13-21-17(9-1)18-10-2-6-14-22(18)25(21)28-26-23-15-7-3-11-19(23)20-12-4-8-16-24(20)27-28/h1-16H. The van der Waals surface area contributed by atoms with Crippen LogP contribution in [0.4, 0.5) is 0 Å². The van der Waals surface area contributed by atoms with Gasteiger partial charge in [0.25, 0.3) is 0 Å². The van der Waals surface area contributed by atoms with Crippen molar-refractivity contribution in [3.05, 3.63) is 97.1 Å². The molecule has 0 N–H and O–H groups in total. The third-order valence-corrected chi connectivity index (χ3v) is 6.60. The van der Waals surface area contributed by atoms with Gasteiger partial charge in [0, 0.05) is 21.5 Å². The zero-order chi connectivity index (χ0) is 18.5. The molecule has 0 atom stereocenters. The largest absolute Gasteiger partial charge is 0.404 e. The number of rotatable bonds is 1. The molecule has 6 aromatic rings. The van der Waals surface area contributed by atoms with Crippen LogP contribution in [0.2, 0.25) is 0 Å². The lowest BCUT2D eigenvalue weighted by Gasteiger charge is -2.03. The predicted octanol–water partition coefficient (Wildman–Crippen LogP) is 7.71. The van der Waals surface area contributed by atoms with Crippen molar-refractivity contribution in [2.45, 2.75) is 0 Å². The number of fused-ring (bicyclic) bond motifs is 6. The maximum Gasteiger partial charge on any atom is 0.346 e. The molecule has 0 spiro atoms. The molecule has 4 aromatic carbocycles. The van der Waals surface area contributed by atoms with Crippen LogP contribution in [0.3, 0.4) is 0 Å². The van der Waals surface area contributed by atoms with Gasteiger partial charge in [-0.2, -0.15) is 0 Å². The van der Waals surface area contributed by atoms with Crippen LogP contribution in [0.5, 0.6) is 0 Å². The van der Waals surface area contributed by atoms with Crippen molar-refractivity contribution in [3.8, 4) is 0 Å². The van der Waals surface area contributed by atoms with Crippen LogP contribution in [0.1, 0.15) is 0 Å². The molecule has 2 aromatic heterocycles. The smallest absolute Gasteiger partial charge is 0.346 e. The Bertz CT molecular complexity index is 1420. The molecule has 0 radical (unpaired) electrons. The molecule has 0 fully saturated rings. The Morgan fingerprint density at radius 2 is 0.857 bits per heavy atom. The van der Waals surface area contributed by atoms with E-state index in [1.54, 1.807) is 0 Å². The van der Waals surface area contributed by atoms with E-state index in [0.29, 0.717) is 0 Å². The Labute approximate surface area is 162 Å². The Morgan fingerprint density at radius 3 is 1.36 bits per heavy atom. The lowest BCUT2D eigenvalue weighted by Crippen LogP contribution is -1.83. The number of nitrogens with zero attached hydrogens (tertiary/aromatic N) is 1. The fourth-order valence-corrected chi connectivity index (χ4v) is 5.44. The highest BCUT2D eigenvalue weighted by molar-refractivity contribution is 7.36. The summed E-state index contributed by atoms with van der Waals surface area (Å²) in [6.45, 7) is 0. The van der Waals surface area contributed by atoms with Crippen molar-refractivity contribution >= 4 is 51.9 Å². The van der Waals surface area contributed by atoms with Crippen molar-refractivity contribution < 1.29 is 8.39 Å². The molecule has 3 nitrogen and oxygen atoms in total. The SMILES string of the molecule is c1ccc2c(c1)op(-n1c3ccccc3c3ccccc31)oc1ccccc12. The van der Waals surface area contributed by atoms with Gasteiger partial charge in [-0.15, -0.1) is 0 Å². The fourth-order valence-electron chi connectivity index (χ4n) is 3.88. The molecule has 0 aliphatic heterocycles. The average Bonchev–Trinajstić information content (AvgIpc) is 2.99. The second-order valence-corrected chi connectivity index (χ2v) is 8.00. The molecule has 0 saturated heterocycles. The van der Waals surface area contributed by atoms with Crippen LogP contribution in [0.25, 0.3) is 43.7 Å². The molecule has 28 heavy (non-hydrogen) atoms. The highest BCUT2D eigenvalue weighted by Crippen LogP contribution is 2.42. The van der Waals surface area contributed by atoms with Gasteiger partial charge >= 0.3 is 8.16 Å². The van der Waals surface area contributed by atoms with E-state index in [0.717, 1.165) is 33.0 Å². The highest BCUT2D eigenvalue weighted by atomic mass is 31.1. The van der Waals surface area contributed by atoms with Gasteiger partial charge in [-0.1, -0.05) is 72.8 Å². The molecular formula is C24H16NO2P. The van der Waals surface area contributed by atoms with Gasteiger partial charge < -0.3 is 8.39 Å². The summed E-state index contributed by atoms with van der Waals surface area (Å²) in [6, 6.07) is 33.1. The molecule has 0 unspecified atom stereocenters. The van der Waals surface area contributed by atoms with Gasteiger partial charge in [-0.25, -0.2) is 4.34 Å². The third kappa shape index (κ3) is 2.24. The Kier molecular flexibility index (Phi) is 3.37. The van der Waals surface area contributed by atoms with Crippen molar-refractivity contribution in [2.24, 2.45) is 0 Å². The molecule has 6 rings (SSSR count). The minimum absolute atomic E-state index is 0.848.